The summed E-state index contributed by atoms with van der Waals surface area (Å²) in [6, 6.07) is 0. The third-order valence-corrected chi connectivity index (χ3v) is 3.92. The van der Waals surface area contributed by atoms with Crippen molar-refractivity contribution in [1.82, 2.24) is 0 Å². The van der Waals surface area contributed by atoms with Gasteiger partial charge < -0.3 is 5.11 Å². The number of ketones is 1. The molecule has 0 bridgehead atoms. The van der Waals surface area contributed by atoms with E-state index < -0.39 is 5.60 Å². The number of Topliss-reactive ketones (excluding diaryl/α,β-unsaturated/α-hetero) is 1. The van der Waals surface area contributed by atoms with Gasteiger partial charge in [0.1, 0.15) is 5.78 Å². The molecule has 0 aliphatic heterocycles. The Bertz CT molecular complexity index is 224. The van der Waals surface area contributed by atoms with Crippen molar-refractivity contribution < 1.29 is 9.90 Å². The molecular weight excluding hydrogens is 176 g/mol. The molecule has 0 amide bonds. The number of rotatable bonds is 0. The molecule has 0 heterocycles. The Kier molecular flexibility index (Phi) is 2.91. The van der Waals surface area contributed by atoms with E-state index in [4.69, 9.17) is 0 Å². The second-order valence-electron chi connectivity index (χ2n) is 4.93. The van der Waals surface area contributed by atoms with Gasteiger partial charge in [-0.1, -0.05) is 25.7 Å². The van der Waals surface area contributed by atoms with Crippen LogP contribution in [0.3, 0.4) is 0 Å². The monoisotopic (exact) mass is 196 g/mol. The summed E-state index contributed by atoms with van der Waals surface area (Å²) in [7, 11) is 0. The van der Waals surface area contributed by atoms with Gasteiger partial charge in [-0.05, 0) is 25.7 Å². The summed E-state index contributed by atoms with van der Waals surface area (Å²) in [6.07, 6.45) is 8.79. The second-order valence-corrected chi connectivity index (χ2v) is 4.93. The minimum absolute atomic E-state index is 0.0310. The van der Waals surface area contributed by atoms with E-state index in [0.29, 0.717) is 12.2 Å². The highest BCUT2D eigenvalue weighted by atomic mass is 16.3. The first-order valence-electron chi connectivity index (χ1n) is 5.97. The Hall–Kier alpha value is -0.370. The molecule has 14 heavy (non-hydrogen) atoms. The highest BCUT2D eigenvalue weighted by Crippen LogP contribution is 2.40. The van der Waals surface area contributed by atoms with Crippen LogP contribution in [0.1, 0.15) is 57.8 Å². The van der Waals surface area contributed by atoms with Gasteiger partial charge in [-0.25, -0.2) is 0 Å². The Balaban J connectivity index is 2.15. The lowest BCUT2D eigenvalue weighted by atomic mass is 9.69. The maximum Gasteiger partial charge on any atom is 0.138 e. The Morgan fingerprint density at radius 2 is 1.79 bits per heavy atom. The van der Waals surface area contributed by atoms with Crippen molar-refractivity contribution >= 4 is 5.78 Å². The van der Waals surface area contributed by atoms with E-state index in [2.05, 4.69) is 0 Å². The smallest absolute Gasteiger partial charge is 0.138 e. The maximum atomic E-state index is 11.8. The van der Waals surface area contributed by atoms with E-state index in [1.54, 1.807) is 0 Å². The van der Waals surface area contributed by atoms with Crippen LogP contribution in [0.25, 0.3) is 0 Å². The van der Waals surface area contributed by atoms with Crippen molar-refractivity contribution in [1.29, 1.82) is 0 Å². The van der Waals surface area contributed by atoms with Gasteiger partial charge in [0.2, 0.25) is 0 Å². The van der Waals surface area contributed by atoms with Crippen LogP contribution in [0.2, 0.25) is 0 Å². The van der Waals surface area contributed by atoms with Crippen molar-refractivity contribution in [3.63, 3.8) is 0 Å². The highest BCUT2D eigenvalue weighted by molar-refractivity contribution is 5.82. The number of fused-ring (bicyclic) bond motifs is 1. The molecule has 0 aromatic rings. The Morgan fingerprint density at radius 1 is 1.07 bits per heavy atom. The number of hydrogen-bond donors (Lipinski definition) is 1. The lowest BCUT2D eigenvalue weighted by Gasteiger charge is -2.40. The van der Waals surface area contributed by atoms with Gasteiger partial charge in [-0.15, -0.1) is 0 Å². The van der Waals surface area contributed by atoms with E-state index in [1.165, 1.54) is 0 Å². The molecule has 2 saturated carbocycles. The molecular formula is C12H20O2. The van der Waals surface area contributed by atoms with Crippen molar-refractivity contribution in [3.8, 4) is 0 Å². The SMILES string of the molecule is O=C1CCCCC[C@]2(O)CCCC[C@H]12. The van der Waals surface area contributed by atoms with Gasteiger partial charge in [0.25, 0.3) is 0 Å². The van der Waals surface area contributed by atoms with Crippen LogP contribution in [-0.4, -0.2) is 16.5 Å². The summed E-state index contributed by atoms with van der Waals surface area (Å²) >= 11 is 0. The number of carbonyl (C=O) groups excluding carboxylic acids is 1. The Labute approximate surface area is 85.7 Å². The van der Waals surface area contributed by atoms with Crippen LogP contribution < -0.4 is 0 Å². The van der Waals surface area contributed by atoms with Gasteiger partial charge in [-0.3, -0.25) is 4.79 Å². The predicted molar refractivity (Wildman–Crippen MR) is 55.0 cm³/mol. The summed E-state index contributed by atoms with van der Waals surface area (Å²) in [5, 5.41) is 10.4. The van der Waals surface area contributed by atoms with Crippen LogP contribution in [0.15, 0.2) is 0 Å². The molecule has 2 heteroatoms. The fourth-order valence-electron chi connectivity index (χ4n) is 3.06. The fourth-order valence-corrected chi connectivity index (χ4v) is 3.06. The van der Waals surface area contributed by atoms with E-state index in [-0.39, 0.29) is 5.92 Å². The first kappa shape index (κ1) is 10.2. The topological polar surface area (TPSA) is 37.3 Å². The summed E-state index contributed by atoms with van der Waals surface area (Å²) in [6.45, 7) is 0. The molecule has 0 radical (unpaired) electrons. The van der Waals surface area contributed by atoms with Crippen molar-refractivity contribution in [2.75, 3.05) is 0 Å². The lowest BCUT2D eigenvalue weighted by Crippen LogP contribution is -2.45. The van der Waals surface area contributed by atoms with E-state index in [1.807, 2.05) is 0 Å². The number of hydrogen-bond acceptors (Lipinski definition) is 2. The van der Waals surface area contributed by atoms with Crippen LogP contribution in [-0.2, 0) is 4.79 Å². The highest BCUT2D eigenvalue weighted by Gasteiger charge is 2.42. The maximum absolute atomic E-state index is 11.8. The molecule has 2 rings (SSSR count). The lowest BCUT2D eigenvalue weighted by molar-refractivity contribution is -0.138. The van der Waals surface area contributed by atoms with Gasteiger partial charge in [0.05, 0.1) is 5.60 Å². The predicted octanol–water partition coefficient (Wildman–Crippen LogP) is 2.44. The van der Waals surface area contributed by atoms with E-state index in [0.717, 1.165) is 51.4 Å². The molecule has 80 valence electrons. The zero-order chi connectivity index (χ0) is 10.0. The zero-order valence-electron chi connectivity index (χ0n) is 8.80. The summed E-state index contributed by atoms with van der Waals surface area (Å²) in [4.78, 5) is 11.8. The second kappa shape index (κ2) is 4.01. The molecule has 0 spiro atoms. The van der Waals surface area contributed by atoms with Gasteiger partial charge in [0.15, 0.2) is 0 Å². The summed E-state index contributed by atoms with van der Waals surface area (Å²) in [5.74, 6) is 0.295. The molecule has 2 aliphatic rings. The Morgan fingerprint density at radius 3 is 2.57 bits per heavy atom. The number of carbonyl (C=O) groups is 1. The van der Waals surface area contributed by atoms with Crippen molar-refractivity contribution in [2.24, 2.45) is 5.92 Å². The molecule has 0 aromatic carbocycles. The van der Waals surface area contributed by atoms with Gasteiger partial charge in [0, 0.05) is 12.3 Å². The average Bonchev–Trinajstić information content (AvgIpc) is 2.15. The van der Waals surface area contributed by atoms with Crippen molar-refractivity contribution in [2.45, 2.75) is 63.4 Å². The van der Waals surface area contributed by atoms with Crippen molar-refractivity contribution in [3.05, 3.63) is 0 Å². The third-order valence-electron chi connectivity index (χ3n) is 3.92. The minimum atomic E-state index is -0.629. The van der Waals surface area contributed by atoms with Gasteiger partial charge in [-0.2, -0.15) is 0 Å². The average molecular weight is 196 g/mol. The molecule has 2 nitrogen and oxygen atoms in total. The van der Waals surface area contributed by atoms with E-state index >= 15 is 0 Å². The zero-order valence-corrected chi connectivity index (χ0v) is 8.80. The molecule has 2 atom stereocenters. The quantitative estimate of drug-likeness (QED) is 0.646. The third kappa shape index (κ3) is 1.85. The largest absolute Gasteiger partial charge is 0.389 e. The number of aliphatic hydroxyl groups is 1. The molecule has 1 N–H and O–H groups in total. The van der Waals surface area contributed by atoms with Crippen LogP contribution >= 0.6 is 0 Å². The minimum Gasteiger partial charge on any atom is -0.389 e. The standard InChI is InChI=1S/C12H20O2/c13-11-7-2-1-4-8-12(14)9-5-3-6-10(11)12/h10,14H,1-9H2/t10-,12+/m1/s1. The molecule has 2 fully saturated rings. The summed E-state index contributed by atoms with van der Waals surface area (Å²) in [5.41, 5.74) is -0.629. The summed E-state index contributed by atoms with van der Waals surface area (Å²) < 4.78 is 0. The van der Waals surface area contributed by atoms with E-state index in [9.17, 15) is 9.90 Å². The fraction of sp³-hybridized carbons (Fsp3) is 0.917. The molecule has 0 unspecified atom stereocenters. The van der Waals surface area contributed by atoms with Crippen LogP contribution in [0, 0.1) is 5.92 Å². The normalized spacial score (nSPS) is 39.8. The first-order chi connectivity index (χ1) is 6.72. The first-order valence-corrected chi connectivity index (χ1v) is 5.97. The molecule has 2 aliphatic carbocycles. The van der Waals surface area contributed by atoms with Crippen LogP contribution in [0.5, 0.6) is 0 Å². The van der Waals surface area contributed by atoms with Gasteiger partial charge >= 0.3 is 0 Å². The van der Waals surface area contributed by atoms with Crippen LogP contribution in [0.4, 0.5) is 0 Å². The molecule has 0 aromatic heterocycles. The molecule has 0 saturated heterocycles.